The lowest BCUT2D eigenvalue weighted by molar-refractivity contribution is 0.792. The Hall–Kier alpha value is -0.860. The summed E-state index contributed by atoms with van der Waals surface area (Å²) in [7, 11) is 1.76. The summed E-state index contributed by atoms with van der Waals surface area (Å²) in [5.74, 6) is 0.773. The first-order valence-electron chi connectivity index (χ1n) is 6.78. The Morgan fingerprint density at radius 3 is 2.73 bits per heavy atom. The number of guanidine groups is 1. The monoisotopic (exact) mass is 450 g/mol. The fourth-order valence-corrected chi connectivity index (χ4v) is 2.84. The summed E-state index contributed by atoms with van der Waals surface area (Å²) >= 11 is 7.83. The molecule has 0 saturated carbocycles. The summed E-state index contributed by atoms with van der Waals surface area (Å²) in [4.78, 5) is 9.74. The number of nitrogens with zero attached hydrogens (tertiary/aromatic N) is 2. The van der Waals surface area contributed by atoms with Gasteiger partial charge >= 0.3 is 0 Å². The van der Waals surface area contributed by atoms with E-state index in [4.69, 9.17) is 11.6 Å². The van der Waals surface area contributed by atoms with Crippen molar-refractivity contribution in [3.05, 3.63) is 50.9 Å². The van der Waals surface area contributed by atoms with Gasteiger partial charge in [-0.15, -0.1) is 35.3 Å². The van der Waals surface area contributed by atoms with Crippen molar-refractivity contribution in [3.63, 3.8) is 0 Å². The third-order valence-corrected chi connectivity index (χ3v) is 4.23. The van der Waals surface area contributed by atoms with Crippen molar-refractivity contribution >= 4 is 52.9 Å². The van der Waals surface area contributed by atoms with E-state index in [1.165, 1.54) is 4.88 Å². The lowest BCUT2D eigenvalue weighted by atomic mass is 10.1. The molecule has 2 rings (SSSR count). The smallest absolute Gasteiger partial charge is 0.191 e. The molecule has 1 heterocycles. The standard InChI is InChI=1S/C15H19ClN4S.HI/c1-11-9-19-14(21-11)10-20-15(17-2)18-8-7-12-5-3-4-6-13(12)16;/h3-6,9H,7-8,10H2,1-2H3,(H2,17,18,20);1H. The maximum Gasteiger partial charge on any atom is 0.191 e. The quantitative estimate of drug-likeness (QED) is 0.415. The molecule has 2 aromatic rings. The van der Waals surface area contributed by atoms with Gasteiger partial charge < -0.3 is 10.6 Å². The van der Waals surface area contributed by atoms with Crippen LogP contribution in [0.15, 0.2) is 35.5 Å². The zero-order valence-electron chi connectivity index (χ0n) is 12.6. The van der Waals surface area contributed by atoms with Crippen molar-refractivity contribution in [1.82, 2.24) is 15.6 Å². The minimum atomic E-state index is 0. The van der Waals surface area contributed by atoms with Crippen LogP contribution in [0, 0.1) is 6.92 Å². The molecule has 1 aromatic heterocycles. The first kappa shape index (κ1) is 19.2. The Labute approximate surface area is 157 Å². The Morgan fingerprint density at radius 2 is 2.09 bits per heavy atom. The van der Waals surface area contributed by atoms with Crippen LogP contribution in [0.4, 0.5) is 0 Å². The van der Waals surface area contributed by atoms with Crippen LogP contribution in [0.25, 0.3) is 0 Å². The fraction of sp³-hybridized carbons (Fsp3) is 0.333. The number of aliphatic imine (C=N–C) groups is 1. The van der Waals surface area contributed by atoms with Gasteiger partial charge in [0.15, 0.2) is 5.96 Å². The molecule has 0 atom stereocenters. The summed E-state index contributed by atoms with van der Waals surface area (Å²) in [5.41, 5.74) is 1.14. The molecule has 0 fully saturated rings. The highest BCUT2D eigenvalue weighted by Crippen LogP contribution is 2.14. The number of rotatable bonds is 5. The van der Waals surface area contributed by atoms with E-state index in [0.717, 1.165) is 34.5 Å². The highest BCUT2D eigenvalue weighted by molar-refractivity contribution is 14.0. The second-order valence-corrected chi connectivity index (χ2v) is 6.29. The number of aryl methyl sites for hydroxylation is 1. The number of thiazole rings is 1. The topological polar surface area (TPSA) is 49.3 Å². The first-order valence-corrected chi connectivity index (χ1v) is 7.97. The van der Waals surface area contributed by atoms with Crippen molar-refractivity contribution < 1.29 is 0 Å². The van der Waals surface area contributed by atoms with Gasteiger partial charge in [-0.25, -0.2) is 4.98 Å². The van der Waals surface area contributed by atoms with Crippen LogP contribution in [-0.2, 0) is 13.0 Å². The Bertz CT molecular complexity index is 615. The molecule has 4 nitrogen and oxygen atoms in total. The van der Waals surface area contributed by atoms with E-state index < -0.39 is 0 Å². The normalized spacial score (nSPS) is 11.0. The molecule has 0 aliphatic rings. The van der Waals surface area contributed by atoms with Crippen LogP contribution in [0.5, 0.6) is 0 Å². The summed E-state index contributed by atoms with van der Waals surface area (Å²) in [6.45, 7) is 3.52. The van der Waals surface area contributed by atoms with Crippen LogP contribution < -0.4 is 10.6 Å². The zero-order chi connectivity index (χ0) is 15.1. The van der Waals surface area contributed by atoms with Crippen molar-refractivity contribution in [2.45, 2.75) is 19.9 Å². The number of nitrogens with one attached hydrogen (secondary N) is 2. The molecule has 0 amide bonds. The molecule has 120 valence electrons. The van der Waals surface area contributed by atoms with Gasteiger partial charge in [-0.2, -0.15) is 0 Å². The second kappa shape index (κ2) is 10.0. The predicted octanol–water partition coefficient (Wildman–Crippen LogP) is 3.63. The Morgan fingerprint density at radius 1 is 1.32 bits per heavy atom. The number of benzene rings is 1. The molecular formula is C15H20ClIN4S. The Balaban J connectivity index is 0.00000242. The minimum Gasteiger partial charge on any atom is -0.356 e. The highest BCUT2D eigenvalue weighted by atomic mass is 127. The van der Waals surface area contributed by atoms with Gasteiger partial charge in [-0.1, -0.05) is 29.8 Å². The largest absolute Gasteiger partial charge is 0.356 e. The van der Waals surface area contributed by atoms with Crippen LogP contribution in [-0.4, -0.2) is 24.5 Å². The summed E-state index contributed by atoms with van der Waals surface area (Å²) in [6, 6.07) is 7.89. The fourth-order valence-electron chi connectivity index (χ4n) is 1.88. The summed E-state index contributed by atoms with van der Waals surface area (Å²) in [6.07, 6.45) is 2.74. The maximum absolute atomic E-state index is 6.14. The van der Waals surface area contributed by atoms with Gasteiger partial charge in [-0.3, -0.25) is 4.99 Å². The molecule has 0 spiro atoms. The van der Waals surface area contributed by atoms with Crippen LogP contribution >= 0.6 is 46.9 Å². The average Bonchev–Trinajstić information content (AvgIpc) is 2.90. The number of hydrogen-bond acceptors (Lipinski definition) is 3. The molecule has 7 heteroatoms. The van der Waals surface area contributed by atoms with E-state index in [0.29, 0.717) is 6.54 Å². The van der Waals surface area contributed by atoms with E-state index in [9.17, 15) is 0 Å². The van der Waals surface area contributed by atoms with Gasteiger partial charge in [0, 0.05) is 29.7 Å². The van der Waals surface area contributed by atoms with E-state index in [1.54, 1.807) is 18.4 Å². The maximum atomic E-state index is 6.14. The van der Waals surface area contributed by atoms with E-state index in [-0.39, 0.29) is 24.0 Å². The van der Waals surface area contributed by atoms with Crippen molar-refractivity contribution in [1.29, 1.82) is 0 Å². The molecule has 22 heavy (non-hydrogen) atoms. The zero-order valence-corrected chi connectivity index (χ0v) is 16.5. The third-order valence-electron chi connectivity index (χ3n) is 2.94. The van der Waals surface area contributed by atoms with Gasteiger partial charge in [0.2, 0.25) is 0 Å². The van der Waals surface area contributed by atoms with Crippen LogP contribution in [0.2, 0.25) is 5.02 Å². The lowest BCUT2D eigenvalue weighted by Crippen LogP contribution is -2.37. The molecule has 0 aliphatic carbocycles. The van der Waals surface area contributed by atoms with E-state index in [2.05, 4.69) is 27.5 Å². The van der Waals surface area contributed by atoms with Gasteiger partial charge in [0.25, 0.3) is 0 Å². The molecule has 2 N–H and O–H groups in total. The van der Waals surface area contributed by atoms with Crippen molar-refractivity contribution in [2.24, 2.45) is 4.99 Å². The van der Waals surface area contributed by atoms with E-state index in [1.807, 2.05) is 30.5 Å². The molecule has 0 unspecified atom stereocenters. The number of aromatic nitrogens is 1. The lowest BCUT2D eigenvalue weighted by Gasteiger charge is -2.11. The second-order valence-electron chi connectivity index (χ2n) is 4.56. The summed E-state index contributed by atoms with van der Waals surface area (Å²) in [5, 5.41) is 8.40. The first-order chi connectivity index (χ1) is 10.2. The SMILES string of the molecule is CN=C(NCCc1ccccc1Cl)NCc1ncc(C)s1.I. The molecule has 1 aromatic carbocycles. The predicted molar refractivity (Wildman–Crippen MR) is 106 cm³/mol. The molecule has 0 aliphatic heterocycles. The highest BCUT2D eigenvalue weighted by Gasteiger charge is 2.02. The molecular weight excluding hydrogens is 431 g/mol. The van der Waals surface area contributed by atoms with Crippen molar-refractivity contribution in [3.8, 4) is 0 Å². The number of halogens is 2. The minimum absolute atomic E-state index is 0. The van der Waals surface area contributed by atoms with Crippen molar-refractivity contribution in [2.75, 3.05) is 13.6 Å². The van der Waals surface area contributed by atoms with Crippen LogP contribution in [0.3, 0.4) is 0 Å². The molecule has 0 saturated heterocycles. The number of hydrogen-bond donors (Lipinski definition) is 2. The average molecular weight is 451 g/mol. The Kier molecular flexibility index (Phi) is 8.74. The van der Waals surface area contributed by atoms with Crippen LogP contribution in [0.1, 0.15) is 15.4 Å². The van der Waals surface area contributed by atoms with Gasteiger partial charge in [0.05, 0.1) is 6.54 Å². The van der Waals surface area contributed by atoms with Gasteiger partial charge in [0.1, 0.15) is 5.01 Å². The molecule has 0 bridgehead atoms. The van der Waals surface area contributed by atoms with Gasteiger partial charge in [-0.05, 0) is 25.0 Å². The molecule has 0 radical (unpaired) electrons. The summed E-state index contributed by atoms with van der Waals surface area (Å²) < 4.78 is 0. The third kappa shape index (κ3) is 6.10. The van der Waals surface area contributed by atoms with E-state index >= 15 is 0 Å².